The summed E-state index contributed by atoms with van der Waals surface area (Å²) in [6.07, 6.45) is 0. The number of carbonyl (C=O) groups excluding carboxylic acids is 1. The number of carbonyl (C=O) groups is 1. The van der Waals surface area contributed by atoms with E-state index in [-0.39, 0.29) is 19.1 Å². The molecule has 2 aromatic carbocycles. The van der Waals surface area contributed by atoms with Crippen molar-refractivity contribution in [2.75, 3.05) is 19.8 Å². The molecule has 4 rings (SSSR count). The van der Waals surface area contributed by atoms with Gasteiger partial charge in [-0.05, 0) is 61.7 Å². The highest BCUT2D eigenvalue weighted by Gasteiger charge is 2.13. The Bertz CT molecular complexity index is 1300. The summed E-state index contributed by atoms with van der Waals surface area (Å²) >= 11 is 6.29. The number of fused-ring (bicyclic) bond motifs is 1. The quantitative estimate of drug-likeness (QED) is 0.396. The van der Waals surface area contributed by atoms with E-state index in [2.05, 4.69) is 26.7 Å². The van der Waals surface area contributed by atoms with E-state index < -0.39 is 0 Å². The zero-order valence-electron chi connectivity index (χ0n) is 18.6. The predicted octanol–water partition coefficient (Wildman–Crippen LogP) is 3.94. The molecule has 33 heavy (non-hydrogen) atoms. The van der Waals surface area contributed by atoms with Crippen molar-refractivity contribution in [1.82, 2.24) is 25.1 Å². The molecule has 8 nitrogen and oxygen atoms in total. The minimum Gasteiger partial charge on any atom is -0.483 e. The van der Waals surface area contributed by atoms with Crippen molar-refractivity contribution in [3.8, 4) is 23.0 Å². The molecule has 0 atom stereocenters. The number of hydrogen-bond donors (Lipinski definition) is 1. The Morgan fingerprint density at radius 1 is 1.06 bits per heavy atom. The van der Waals surface area contributed by atoms with Gasteiger partial charge in [0.2, 0.25) is 5.88 Å². The maximum absolute atomic E-state index is 12.1. The molecule has 0 aliphatic rings. The van der Waals surface area contributed by atoms with Crippen molar-refractivity contribution < 1.29 is 14.3 Å². The van der Waals surface area contributed by atoms with Crippen LogP contribution in [-0.2, 0) is 4.79 Å². The molecule has 0 fully saturated rings. The molecule has 0 saturated heterocycles. The fourth-order valence-corrected chi connectivity index (χ4v) is 3.57. The number of amides is 1. The van der Waals surface area contributed by atoms with Crippen LogP contribution >= 0.6 is 11.6 Å². The highest BCUT2D eigenvalue weighted by Crippen LogP contribution is 2.26. The summed E-state index contributed by atoms with van der Waals surface area (Å²) in [5.41, 5.74) is 4.56. The fourth-order valence-electron chi connectivity index (χ4n) is 3.35. The van der Waals surface area contributed by atoms with Gasteiger partial charge in [0.25, 0.3) is 5.91 Å². The standard InChI is InChI=1S/C24H24ClN5O3/c1-15-12-16(2)17(3)20(13-15)33-14-22(31)26-10-11-32-23-9-8-21-27-28-24(30(21)29-23)18-6-4-5-7-19(18)25/h4-9,12-13H,10-11,14H2,1-3H3,(H,26,31). The zero-order valence-corrected chi connectivity index (χ0v) is 19.4. The van der Waals surface area contributed by atoms with Crippen LogP contribution in [0.2, 0.25) is 5.02 Å². The van der Waals surface area contributed by atoms with Crippen LogP contribution in [0.4, 0.5) is 0 Å². The first kappa shape index (κ1) is 22.5. The first-order chi connectivity index (χ1) is 15.9. The maximum atomic E-state index is 12.1. The Morgan fingerprint density at radius 3 is 2.70 bits per heavy atom. The summed E-state index contributed by atoms with van der Waals surface area (Å²) in [4.78, 5) is 12.1. The normalized spacial score (nSPS) is 10.9. The Balaban J connectivity index is 1.31. The van der Waals surface area contributed by atoms with Crippen LogP contribution < -0.4 is 14.8 Å². The number of halogens is 1. The number of aromatic nitrogens is 4. The maximum Gasteiger partial charge on any atom is 0.258 e. The SMILES string of the molecule is Cc1cc(C)c(C)c(OCC(=O)NCCOc2ccc3nnc(-c4ccccc4Cl)n3n2)c1. The summed E-state index contributed by atoms with van der Waals surface area (Å²) in [5, 5.41) is 16.1. The van der Waals surface area contributed by atoms with E-state index in [4.69, 9.17) is 21.1 Å². The molecule has 0 aliphatic carbocycles. The fraction of sp³-hybridized carbons (Fsp3) is 0.250. The third-order valence-electron chi connectivity index (χ3n) is 5.15. The van der Waals surface area contributed by atoms with Gasteiger partial charge in [-0.3, -0.25) is 4.79 Å². The van der Waals surface area contributed by atoms with Gasteiger partial charge >= 0.3 is 0 Å². The number of benzene rings is 2. The zero-order chi connectivity index (χ0) is 23.4. The van der Waals surface area contributed by atoms with E-state index in [1.165, 1.54) is 0 Å². The van der Waals surface area contributed by atoms with Crippen molar-refractivity contribution in [2.24, 2.45) is 0 Å². The van der Waals surface area contributed by atoms with Crippen molar-refractivity contribution in [3.05, 3.63) is 70.2 Å². The van der Waals surface area contributed by atoms with Crippen LogP contribution in [0.25, 0.3) is 17.0 Å². The molecule has 0 radical (unpaired) electrons. The molecule has 0 aliphatic heterocycles. The van der Waals surface area contributed by atoms with Crippen LogP contribution in [0.15, 0.2) is 48.5 Å². The summed E-state index contributed by atoms with van der Waals surface area (Å²) in [6.45, 7) is 6.50. The van der Waals surface area contributed by atoms with Crippen LogP contribution in [0.5, 0.6) is 11.6 Å². The number of nitrogens with one attached hydrogen (secondary N) is 1. The number of ether oxygens (including phenoxy) is 2. The molecule has 2 aromatic heterocycles. The molecule has 9 heteroatoms. The Morgan fingerprint density at radius 2 is 1.88 bits per heavy atom. The van der Waals surface area contributed by atoms with E-state index in [1.807, 2.05) is 45.0 Å². The second-order valence-electron chi connectivity index (χ2n) is 7.64. The molecule has 0 bridgehead atoms. The number of hydrogen-bond acceptors (Lipinski definition) is 6. The topological polar surface area (TPSA) is 90.6 Å². The van der Waals surface area contributed by atoms with E-state index in [0.717, 1.165) is 28.0 Å². The van der Waals surface area contributed by atoms with E-state index in [1.54, 1.807) is 22.7 Å². The van der Waals surface area contributed by atoms with Gasteiger partial charge in [0.15, 0.2) is 18.1 Å². The van der Waals surface area contributed by atoms with E-state index in [0.29, 0.717) is 28.9 Å². The summed E-state index contributed by atoms with van der Waals surface area (Å²) < 4.78 is 13.0. The van der Waals surface area contributed by atoms with Crippen LogP contribution in [0, 0.1) is 20.8 Å². The molecule has 170 valence electrons. The second kappa shape index (κ2) is 9.87. The Kier molecular flexibility index (Phi) is 6.74. The average molecular weight is 466 g/mol. The van der Waals surface area contributed by atoms with Crippen molar-refractivity contribution in [2.45, 2.75) is 20.8 Å². The molecule has 1 amide bonds. The van der Waals surface area contributed by atoms with Gasteiger partial charge in [0, 0.05) is 11.6 Å². The molecular formula is C24H24ClN5O3. The Labute approximate surface area is 196 Å². The second-order valence-corrected chi connectivity index (χ2v) is 8.04. The van der Waals surface area contributed by atoms with Gasteiger partial charge in [-0.25, -0.2) is 0 Å². The lowest BCUT2D eigenvalue weighted by Gasteiger charge is -2.12. The molecule has 0 spiro atoms. The molecular weight excluding hydrogens is 442 g/mol. The van der Waals surface area contributed by atoms with Gasteiger partial charge in [0.1, 0.15) is 12.4 Å². The van der Waals surface area contributed by atoms with E-state index in [9.17, 15) is 4.79 Å². The largest absolute Gasteiger partial charge is 0.483 e. The average Bonchev–Trinajstić information content (AvgIpc) is 3.21. The van der Waals surface area contributed by atoms with Gasteiger partial charge in [0.05, 0.1) is 11.6 Å². The van der Waals surface area contributed by atoms with E-state index >= 15 is 0 Å². The Hall–Kier alpha value is -3.65. The molecule has 0 unspecified atom stereocenters. The van der Waals surface area contributed by atoms with Crippen molar-refractivity contribution in [1.29, 1.82) is 0 Å². The lowest BCUT2D eigenvalue weighted by atomic mass is 10.1. The molecule has 1 N–H and O–H groups in total. The minimum absolute atomic E-state index is 0.0597. The van der Waals surface area contributed by atoms with Gasteiger partial charge < -0.3 is 14.8 Å². The molecule has 0 saturated carbocycles. The lowest BCUT2D eigenvalue weighted by molar-refractivity contribution is -0.123. The van der Waals surface area contributed by atoms with Gasteiger partial charge in [-0.15, -0.1) is 15.3 Å². The first-order valence-corrected chi connectivity index (χ1v) is 10.9. The van der Waals surface area contributed by atoms with Gasteiger partial charge in [-0.2, -0.15) is 4.52 Å². The minimum atomic E-state index is -0.222. The lowest BCUT2D eigenvalue weighted by Crippen LogP contribution is -2.32. The summed E-state index contributed by atoms with van der Waals surface area (Å²) in [5.74, 6) is 1.40. The van der Waals surface area contributed by atoms with Crippen LogP contribution in [-0.4, -0.2) is 45.5 Å². The highest BCUT2D eigenvalue weighted by molar-refractivity contribution is 6.33. The number of nitrogens with zero attached hydrogens (tertiary/aromatic N) is 4. The van der Waals surface area contributed by atoms with Crippen molar-refractivity contribution in [3.63, 3.8) is 0 Å². The number of aryl methyl sites for hydroxylation is 2. The van der Waals surface area contributed by atoms with Gasteiger partial charge in [-0.1, -0.05) is 29.8 Å². The van der Waals surface area contributed by atoms with Crippen LogP contribution in [0.3, 0.4) is 0 Å². The molecule has 4 aromatic rings. The monoisotopic (exact) mass is 465 g/mol. The highest BCUT2D eigenvalue weighted by atomic mass is 35.5. The first-order valence-electron chi connectivity index (χ1n) is 10.5. The summed E-state index contributed by atoms with van der Waals surface area (Å²) in [7, 11) is 0. The smallest absolute Gasteiger partial charge is 0.258 e. The number of rotatable bonds is 8. The molecule has 2 heterocycles. The summed E-state index contributed by atoms with van der Waals surface area (Å²) in [6, 6.07) is 14.8. The van der Waals surface area contributed by atoms with Crippen molar-refractivity contribution >= 4 is 23.2 Å². The predicted molar refractivity (Wildman–Crippen MR) is 126 cm³/mol. The van der Waals surface area contributed by atoms with Crippen LogP contribution in [0.1, 0.15) is 16.7 Å². The third-order valence-corrected chi connectivity index (χ3v) is 5.48. The third kappa shape index (κ3) is 5.23.